The SMILES string of the molecule is C(=C\c1ccccc1)/COc1cccc(OC/C=C/c2ccccc2)c1. The Morgan fingerprint density at radius 3 is 1.46 bits per heavy atom. The van der Waals surface area contributed by atoms with Crippen molar-refractivity contribution in [2.24, 2.45) is 0 Å². The maximum atomic E-state index is 5.76. The molecule has 0 saturated heterocycles. The molecule has 3 aromatic rings. The maximum Gasteiger partial charge on any atom is 0.123 e. The van der Waals surface area contributed by atoms with E-state index in [1.54, 1.807) is 0 Å². The Labute approximate surface area is 155 Å². The molecule has 0 atom stereocenters. The van der Waals surface area contributed by atoms with Crippen molar-refractivity contribution in [1.82, 2.24) is 0 Å². The summed E-state index contributed by atoms with van der Waals surface area (Å²) in [5.74, 6) is 1.60. The highest BCUT2D eigenvalue weighted by molar-refractivity contribution is 5.49. The van der Waals surface area contributed by atoms with Gasteiger partial charge in [0.2, 0.25) is 0 Å². The van der Waals surface area contributed by atoms with E-state index in [9.17, 15) is 0 Å². The molecular weight excluding hydrogens is 320 g/mol. The molecule has 0 aliphatic heterocycles. The van der Waals surface area contributed by atoms with Gasteiger partial charge in [0.1, 0.15) is 24.7 Å². The molecule has 3 rings (SSSR count). The number of rotatable bonds is 8. The molecule has 0 unspecified atom stereocenters. The zero-order valence-corrected chi connectivity index (χ0v) is 14.6. The van der Waals surface area contributed by atoms with E-state index in [1.165, 1.54) is 11.1 Å². The van der Waals surface area contributed by atoms with Crippen LogP contribution in [0.15, 0.2) is 97.1 Å². The van der Waals surface area contributed by atoms with Crippen molar-refractivity contribution in [2.75, 3.05) is 13.2 Å². The third kappa shape index (κ3) is 5.99. The maximum absolute atomic E-state index is 5.76. The molecule has 0 aliphatic rings. The van der Waals surface area contributed by atoms with Crippen molar-refractivity contribution in [3.05, 3.63) is 108 Å². The van der Waals surface area contributed by atoms with E-state index in [1.807, 2.05) is 72.8 Å². The summed E-state index contributed by atoms with van der Waals surface area (Å²) >= 11 is 0. The van der Waals surface area contributed by atoms with Gasteiger partial charge >= 0.3 is 0 Å². The van der Waals surface area contributed by atoms with Crippen molar-refractivity contribution in [1.29, 1.82) is 0 Å². The molecule has 0 aliphatic carbocycles. The first-order chi connectivity index (χ1) is 12.9. The van der Waals surface area contributed by atoms with Crippen LogP contribution in [0.2, 0.25) is 0 Å². The Balaban J connectivity index is 1.45. The minimum absolute atomic E-state index is 0.520. The Morgan fingerprint density at radius 2 is 1.00 bits per heavy atom. The summed E-state index contributed by atoms with van der Waals surface area (Å²) in [5, 5.41) is 0. The van der Waals surface area contributed by atoms with Gasteiger partial charge < -0.3 is 9.47 Å². The van der Waals surface area contributed by atoms with Gasteiger partial charge in [-0.3, -0.25) is 0 Å². The van der Waals surface area contributed by atoms with Crippen molar-refractivity contribution in [2.45, 2.75) is 0 Å². The smallest absolute Gasteiger partial charge is 0.123 e. The van der Waals surface area contributed by atoms with Crippen molar-refractivity contribution in [3.8, 4) is 11.5 Å². The lowest BCUT2D eigenvalue weighted by atomic mass is 10.2. The molecule has 0 fully saturated rings. The van der Waals surface area contributed by atoms with Crippen LogP contribution in [0.5, 0.6) is 11.5 Å². The summed E-state index contributed by atoms with van der Waals surface area (Å²) in [5.41, 5.74) is 2.33. The Kier molecular flexibility index (Phi) is 6.68. The van der Waals surface area contributed by atoms with E-state index in [0.717, 1.165) is 11.5 Å². The van der Waals surface area contributed by atoms with E-state index in [2.05, 4.69) is 36.4 Å². The number of hydrogen-bond acceptors (Lipinski definition) is 2. The summed E-state index contributed by atoms with van der Waals surface area (Å²) in [6.07, 6.45) is 8.11. The van der Waals surface area contributed by atoms with Crippen LogP contribution >= 0.6 is 0 Å². The number of benzene rings is 3. The lowest BCUT2D eigenvalue weighted by molar-refractivity contribution is 0.345. The second kappa shape index (κ2) is 9.90. The third-order valence-corrected chi connectivity index (χ3v) is 3.72. The normalized spacial score (nSPS) is 11.1. The van der Waals surface area contributed by atoms with Gasteiger partial charge in [-0.1, -0.05) is 78.9 Å². The molecule has 2 nitrogen and oxygen atoms in total. The van der Waals surface area contributed by atoms with Gasteiger partial charge in [-0.05, 0) is 35.4 Å². The molecule has 0 spiro atoms. The van der Waals surface area contributed by atoms with E-state index >= 15 is 0 Å². The summed E-state index contributed by atoms with van der Waals surface area (Å²) in [6.45, 7) is 1.04. The fraction of sp³-hybridized carbons (Fsp3) is 0.0833. The quantitative estimate of drug-likeness (QED) is 0.509. The Bertz CT molecular complexity index is 768. The molecule has 0 N–H and O–H groups in total. The average molecular weight is 342 g/mol. The first-order valence-corrected chi connectivity index (χ1v) is 8.69. The van der Waals surface area contributed by atoms with Gasteiger partial charge in [-0.2, -0.15) is 0 Å². The summed E-state index contributed by atoms with van der Waals surface area (Å²) in [7, 11) is 0. The minimum atomic E-state index is 0.520. The molecule has 2 heteroatoms. The topological polar surface area (TPSA) is 18.5 Å². The van der Waals surface area contributed by atoms with Crippen molar-refractivity contribution in [3.63, 3.8) is 0 Å². The van der Waals surface area contributed by atoms with E-state index in [-0.39, 0.29) is 0 Å². The van der Waals surface area contributed by atoms with Crippen LogP contribution in [0.1, 0.15) is 11.1 Å². The zero-order valence-electron chi connectivity index (χ0n) is 14.6. The van der Waals surface area contributed by atoms with E-state index in [0.29, 0.717) is 13.2 Å². The third-order valence-electron chi connectivity index (χ3n) is 3.72. The predicted octanol–water partition coefficient (Wildman–Crippen LogP) is 5.87. The van der Waals surface area contributed by atoms with Gasteiger partial charge in [0.15, 0.2) is 0 Å². The van der Waals surface area contributed by atoms with Crippen LogP contribution in [-0.2, 0) is 0 Å². The molecule has 26 heavy (non-hydrogen) atoms. The van der Waals surface area contributed by atoms with Crippen molar-refractivity contribution < 1.29 is 9.47 Å². The van der Waals surface area contributed by atoms with Crippen LogP contribution in [-0.4, -0.2) is 13.2 Å². The molecule has 0 bridgehead atoms. The Hall–Kier alpha value is -3.26. The second-order valence-corrected chi connectivity index (χ2v) is 5.72. The molecule has 3 aromatic carbocycles. The van der Waals surface area contributed by atoms with Gasteiger partial charge in [-0.25, -0.2) is 0 Å². The average Bonchev–Trinajstić information content (AvgIpc) is 2.71. The summed E-state index contributed by atoms with van der Waals surface area (Å²) < 4.78 is 11.5. The minimum Gasteiger partial charge on any atom is -0.489 e. The summed E-state index contributed by atoms with van der Waals surface area (Å²) in [6, 6.07) is 28.1. The van der Waals surface area contributed by atoms with Crippen molar-refractivity contribution >= 4 is 12.2 Å². The number of hydrogen-bond donors (Lipinski definition) is 0. The monoisotopic (exact) mass is 342 g/mol. The first kappa shape index (κ1) is 17.6. The van der Waals surface area contributed by atoms with Crippen LogP contribution in [0.25, 0.3) is 12.2 Å². The highest BCUT2D eigenvalue weighted by Gasteiger charge is 1.96. The molecular formula is C24H22O2. The zero-order chi connectivity index (χ0) is 17.9. The van der Waals surface area contributed by atoms with E-state index in [4.69, 9.17) is 9.47 Å². The predicted molar refractivity (Wildman–Crippen MR) is 108 cm³/mol. The lowest BCUT2D eigenvalue weighted by Gasteiger charge is -2.07. The lowest BCUT2D eigenvalue weighted by Crippen LogP contribution is -1.96. The van der Waals surface area contributed by atoms with Crippen LogP contribution in [0, 0.1) is 0 Å². The molecule has 0 radical (unpaired) electrons. The van der Waals surface area contributed by atoms with Crippen LogP contribution < -0.4 is 9.47 Å². The molecule has 0 heterocycles. The highest BCUT2D eigenvalue weighted by atomic mass is 16.5. The fourth-order valence-corrected chi connectivity index (χ4v) is 2.44. The van der Waals surface area contributed by atoms with E-state index < -0.39 is 0 Å². The van der Waals surface area contributed by atoms with Gasteiger partial charge in [0, 0.05) is 6.07 Å². The highest BCUT2D eigenvalue weighted by Crippen LogP contribution is 2.19. The largest absolute Gasteiger partial charge is 0.489 e. The van der Waals surface area contributed by atoms with Crippen LogP contribution in [0.4, 0.5) is 0 Å². The fourth-order valence-electron chi connectivity index (χ4n) is 2.44. The molecule has 0 amide bonds. The number of ether oxygens (including phenoxy) is 2. The molecule has 0 aromatic heterocycles. The Morgan fingerprint density at radius 1 is 0.538 bits per heavy atom. The standard InChI is InChI=1S/C24H22O2/c1-3-10-21(11-4-1)14-8-18-25-23-16-7-17-24(20-23)26-19-9-15-22-12-5-2-6-13-22/h1-17,20H,18-19H2/b14-8+,15-9+. The molecule has 0 saturated carbocycles. The van der Waals surface area contributed by atoms with Gasteiger partial charge in [0.05, 0.1) is 0 Å². The van der Waals surface area contributed by atoms with Gasteiger partial charge in [0.25, 0.3) is 0 Å². The summed E-state index contributed by atoms with van der Waals surface area (Å²) in [4.78, 5) is 0. The molecule has 130 valence electrons. The second-order valence-electron chi connectivity index (χ2n) is 5.72. The van der Waals surface area contributed by atoms with Crippen LogP contribution in [0.3, 0.4) is 0 Å². The first-order valence-electron chi connectivity index (χ1n) is 8.69. The van der Waals surface area contributed by atoms with Gasteiger partial charge in [-0.15, -0.1) is 0 Å².